The van der Waals surface area contributed by atoms with E-state index in [1.165, 1.54) is 12.8 Å². The van der Waals surface area contributed by atoms with Gasteiger partial charge in [-0.1, -0.05) is 26.2 Å². The highest BCUT2D eigenvalue weighted by molar-refractivity contribution is 8.07. The average molecular weight is 221 g/mol. The summed E-state index contributed by atoms with van der Waals surface area (Å²) in [5.41, 5.74) is 0. The second-order valence-corrected chi connectivity index (χ2v) is 2.95. The van der Waals surface area contributed by atoms with Crippen LogP contribution in [-0.4, -0.2) is 18.9 Å². The Balaban J connectivity index is 0. The number of ketones is 1. The minimum absolute atomic E-state index is 0.0848. The molecule has 78 valence electrons. The number of hydrogen-bond acceptors (Lipinski definition) is 4. The maximum Gasteiger partial charge on any atom is 0.146 e. The molecule has 0 saturated heterocycles. The van der Waals surface area contributed by atoms with E-state index in [1.54, 1.807) is 6.92 Å². The van der Waals surface area contributed by atoms with Gasteiger partial charge < -0.3 is 5.32 Å². The lowest BCUT2D eigenvalue weighted by Crippen LogP contribution is -2.31. The number of hydrogen-bond donors (Lipinski definition) is 1. The van der Waals surface area contributed by atoms with Crippen LogP contribution in [0.1, 0.15) is 39.5 Å². The second kappa shape index (κ2) is 12.1. The number of likely N-dealkylation sites (N-methyl/N-ethyl adjacent to an activating group) is 1. The molecule has 0 heterocycles. The number of carbonyl (C=O) groups is 1. The van der Waals surface area contributed by atoms with Crippen molar-refractivity contribution < 1.29 is 4.79 Å². The van der Waals surface area contributed by atoms with E-state index < -0.39 is 0 Å². The zero-order valence-corrected chi connectivity index (χ0v) is 10.3. The average Bonchev–Trinajstić information content (AvgIpc) is 2.15. The normalized spacial score (nSPS) is 11.3. The first-order valence-electron chi connectivity index (χ1n) is 4.56. The number of carbonyl (C=O) groups excluding carboxylic acids is 1. The summed E-state index contributed by atoms with van der Waals surface area (Å²) in [5, 5.41) is 3.01. The maximum atomic E-state index is 10.9. The Kier molecular flexibility index (Phi) is 14.4. The number of Topliss-reactive ketones (excluding diaryl/α,β-unsaturated/α-hetero) is 1. The molecule has 0 saturated carbocycles. The molecule has 0 aliphatic rings. The standard InChI is InChI=1S/C9H19NO.S2/c1-4-5-6-7-9(10-3)8(2)11;1-2/h9-10H,4-7H2,1-3H3;/t9-;/m0./s1. The summed E-state index contributed by atoms with van der Waals surface area (Å²) in [6.45, 7) is 3.81. The fourth-order valence-electron chi connectivity index (χ4n) is 1.15. The van der Waals surface area contributed by atoms with E-state index in [-0.39, 0.29) is 11.8 Å². The van der Waals surface area contributed by atoms with Gasteiger partial charge in [0.2, 0.25) is 0 Å². The van der Waals surface area contributed by atoms with Gasteiger partial charge >= 0.3 is 0 Å². The van der Waals surface area contributed by atoms with Crippen LogP contribution in [0.5, 0.6) is 0 Å². The van der Waals surface area contributed by atoms with Crippen molar-refractivity contribution in [3.05, 3.63) is 0 Å². The Labute approximate surface area is 91.1 Å². The van der Waals surface area contributed by atoms with Crippen LogP contribution in [-0.2, 0) is 27.2 Å². The molecule has 0 unspecified atom stereocenters. The first-order valence-corrected chi connectivity index (χ1v) is 5.90. The first-order chi connectivity index (χ1) is 6.22. The Morgan fingerprint density at radius 3 is 2.23 bits per heavy atom. The SMILES string of the molecule is CCCCC[C@H](NC)C(C)=O.S=S. The van der Waals surface area contributed by atoms with E-state index in [4.69, 9.17) is 0 Å². The highest BCUT2D eigenvalue weighted by Gasteiger charge is 2.09. The van der Waals surface area contributed by atoms with Crippen molar-refractivity contribution in [2.45, 2.75) is 45.6 Å². The molecule has 2 nitrogen and oxygen atoms in total. The lowest BCUT2D eigenvalue weighted by molar-refractivity contribution is -0.119. The van der Waals surface area contributed by atoms with Crippen LogP contribution in [0.4, 0.5) is 0 Å². The number of rotatable bonds is 6. The summed E-state index contributed by atoms with van der Waals surface area (Å²) in [6, 6.07) is 0.0848. The van der Waals surface area contributed by atoms with Crippen molar-refractivity contribution in [2.75, 3.05) is 7.05 Å². The molecule has 0 spiro atoms. The van der Waals surface area contributed by atoms with Crippen LogP contribution >= 0.6 is 0 Å². The van der Waals surface area contributed by atoms with Gasteiger partial charge in [0, 0.05) is 22.4 Å². The van der Waals surface area contributed by atoms with Gasteiger partial charge in [-0.05, 0) is 20.4 Å². The van der Waals surface area contributed by atoms with Crippen molar-refractivity contribution in [2.24, 2.45) is 0 Å². The van der Waals surface area contributed by atoms with E-state index in [0.717, 1.165) is 12.8 Å². The zero-order chi connectivity index (χ0) is 10.7. The third-order valence-corrected chi connectivity index (χ3v) is 1.94. The lowest BCUT2D eigenvalue weighted by Gasteiger charge is -2.11. The number of nitrogens with one attached hydrogen (secondary N) is 1. The van der Waals surface area contributed by atoms with Gasteiger partial charge in [-0.2, -0.15) is 0 Å². The smallest absolute Gasteiger partial charge is 0.146 e. The van der Waals surface area contributed by atoms with Gasteiger partial charge in [-0.3, -0.25) is 4.79 Å². The highest BCUT2D eigenvalue weighted by Crippen LogP contribution is 2.03. The van der Waals surface area contributed by atoms with Crippen LogP contribution in [0.15, 0.2) is 0 Å². The maximum absolute atomic E-state index is 10.9. The molecule has 0 amide bonds. The fraction of sp³-hybridized carbons (Fsp3) is 0.889. The highest BCUT2D eigenvalue weighted by atomic mass is 32.8. The van der Waals surface area contributed by atoms with Gasteiger partial charge in [-0.25, -0.2) is 0 Å². The summed E-state index contributed by atoms with van der Waals surface area (Å²) in [4.78, 5) is 10.9. The first kappa shape index (κ1) is 15.5. The van der Waals surface area contributed by atoms with Crippen molar-refractivity contribution >= 4 is 28.2 Å². The molecule has 0 aliphatic carbocycles. The molecule has 0 bridgehead atoms. The van der Waals surface area contributed by atoms with Gasteiger partial charge in [0.05, 0.1) is 6.04 Å². The molecule has 0 radical (unpaired) electrons. The minimum Gasteiger partial charge on any atom is -0.311 e. The molecule has 4 heteroatoms. The molecule has 0 aromatic heterocycles. The quantitative estimate of drug-likeness (QED) is 0.692. The summed E-state index contributed by atoms with van der Waals surface area (Å²) in [7, 11) is 1.85. The monoisotopic (exact) mass is 221 g/mol. The van der Waals surface area contributed by atoms with Crippen molar-refractivity contribution in [1.82, 2.24) is 5.32 Å². The van der Waals surface area contributed by atoms with Crippen LogP contribution < -0.4 is 5.32 Å². The van der Waals surface area contributed by atoms with Gasteiger partial charge in [0.1, 0.15) is 5.78 Å². The molecule has 0 aliphatic heterocycles. The molecule has 0 fully saturated rings. The predicted octanol–water partition coefficient (Wildman–Crippen LogP) is 1.74. The third-order valence-electron chi connectivity index (χ3n) is 1.94. The summed E-state index contributed by atoms with van der Waals surface area (Å²) in [6.07, 6.45) is 4.58. The van der Waals surface area contributed by atoms with Gasteiger partial charge in [-0.15, -0.1) is 0 Å². The molecule has 0 aromatic rings. The second-order valence-electron chi connectivity index (χ2n) is 2.95. The lowest BCUT2D eigenvalue weighted by atomic mass is 10.1. The summed E-state index contributed by atoms with van der Waals surface area (Å²) >= 11 is 7.33. The Morgan fingerprint density at radius 2 is 1.92 bits per heavy atom. The molecule has 0 aromatic carbocycles. The Bertz CT molecular complexity index is 131. The van der Waals surface area contributed by atoms with Crippen LogP contribution in [0.3, 0.4) is 0 Å². The van der Waals surface area contributed by atoms with Crippen LogP contribution in [0.25, 0.3) is 0 Å². The fourth-order valence-corrected chi connectivity index (χ4v) is 1.15. The van der Waals surface area contributed by atoms with Crippen molar-refractivity contribution in [3.63, 3.8) is 0 Å². The van der Waals surface area contributed by atoms with E-state index in [2.05, 4.69) is 34.6 Å². The summed E-state index contributed by atoms with van der Waals surface area (Å²) in [5.74, 6) is 0.253. The zero-order valence-electron chi connectivity index (χ0n) is 8.63. The largest absolute Gasteiger partial charge is 0.311 e. The minimum atomic E-state index is 0.0848. The Morgan fingerprint density at radius 1 is 1.38 bits per heavy atom. The van der Waals surface area contributed by atoms with E-state index >= 15 is 0 Å². The van der Waals surface area contributed by atoms with E-state index in [0.29, 0.717) is 0 Å². The van der Waals surface area contributed by atoms with Crippen molar-refractivity contribution in [1.29, 1.82) is 0 Å². The summed E-state index contributed by atoms with van der Waals surface area (Å²) < 4.78 is 0. The predicted molar refractivity (Wildman–Crippen MR) is 62.4 cm³/mol. The molecule has 1 atom stereocenters. The third kappa shape index (κ3) is 9.99. The van der Waals surface area contributed by atoms with Crippen molar-refractivity contribution in [3.8, 4) is 0 Å². The van der Waals surface area contributed by atoms with E-state index in [1.807, 2.05) is 7.05 Å². The van der Waals surface area contributed by atoms with E-state index in [9.17, 15) is 4.79 Å². The molecular weight excluding hydrogens is 202 g/mol. The van der Waals surface area contributed by atoms with Gasteiger partial charge in [0.15, 0.2) is 0 Å². The molecule has 0 rings (SSSR count). The van der Waals surface area contributed by atoms with Crippen LogP contribution in [0, 0.1) is 0 Å². The Hall–Kier alpha value is 0.0700. The topological polar surface area (TPSA) is 29.1 Å². The number of unbranched alkanes of at least 4 members (excludes halogenated alkanes) is 2. The van der Waals surface area contributed by atoms with Gasteiger partial charge in [0.25, 0.3) is 0 Å². The van der Waals surface area contributed by atoms with Crippen LogP contribution in [0.2, 0.25) is 0 Å². The molecule has 13 heavy (non-hydrogen) atoms. The molecule has 1 N–H and O–H groups in total. The molecular formula is C9H19NOS2.